The minimum Gasteiger partial charge on any atom is -0.303 e. The van der Waals surface area contributed by atoms with Gasteiger partial charge in [0.25, 0.3) is 0 Å². The van der Waals surface area contributed by atoms with Gasteiger partial charge in [-0.1, -0.05) is 38.5 Å². The molecule has 0 saturated carbocycles. The quantitative estimate of drug-likeness (QED) is 0.394. The highest BCUT2D eigenvalue weighted by Crippen LogP contribution is 2.09. The Morgan fingerprint density at radius 1 is 0.857 bits per heavy atom. The summed E-state index contributed by atoms with van der Waals surface area (Å²) < 4.78 is 0. The van der Waals surface area contributed by atoms with Crippen molar-refractivity contribution >= 4 is 6.29 Å². The number of unbranched alkanes of at least 4 members (excludes halogenated alkanes) is 9. The molecule has 0 aromatic heterocycles. The third kappa shape index (κ3) is 11.2. The number of carbonyl (C=O) groups is 1. The van der Waals surface area contributed by atoms with Crippen molar-refractivity contribution < 1.29 is 4.79 Å². The van der Waals surface area contributed by atoms with Crippen LogP contribution in [-0.2, 0) is 4.79 Å². The molecule has 80 valence electrons. The Morgan fingerprint density at radius 2 is 1.36 bits per heavy atom. The number of hydrogen-bond acceptors (Lipinski definition) is 2. The van der Waals surface area contributed by atoms with Gasteiger partial charge in [-0.25, -0.2) is 0 Å². The Bertz CT molecular complexity index is 160. The smallest absolute Gasteiger partial charge is 0.119 e. The SMILES string of the molecule is N#CCCCCCCCCCCC=O. The predicted octanol–water partition coefficient (Wildman–Crippen LogP) is 3.61. The van der Waals surface area contributed by atoms with Crippen molar-refractivity contribution in [2.75, 3.05) is 0 Å². The second-order valence-corrected chi connectivity index (χ2v) is 3.69. The van der Waals surface area contributed by atoms with Crippen molar-refractivity contribution in [1.29, 1.82) is 5.26 Å². The largest absolute Gasteiger partial charge is 0.303 e. The molecule has 2 heteroatoms. The molecule has 0 aliphatic heterocycles. The Kier molecular flexibility index (Phi) is 11.4. The van der Waals surface area contributed by atoms with Gasteiger partial charge in [0, 0.05) is 12.8 Å². The molecule has 0 saturated heterocycles. The molecule has 0 fully saturated rings. The third-order valence-corrected chi connectivity index (χ3v) is 2.36. The van der Waals surface area contributed by atoms with Gasteiger partial charge in [-0.3, -0.25) is 0 Å². The average Bonchev–Trinajstić information content (AvgIpc) is 2.21. The minimum absolute atomic E-state index is 0.708. The highest BCUT2D eigenvalue weighted by molar-refractivity contribution is 5.48. The molecule has 0 unspecified atom stereocenters. The first-order valence-electron chi connectivity index (χ1n) is 5.72. The van der Waals surface area contributed by atoms with Crippen LogP contribution in [0.15, 0.2) is 0 Å². The topological polar surface area (TPSA) is 40.9 Å². The number of rotatable bonds is 10. The van der Waals surface area contributed by atoms with Gasteiger partial charge in [-0.2, -0.15) is 5.26 Å². The molecular weight excluding hydrogens is 174 g/mol. The zero-order valence-corrected chi connectivity index (χ0v) is 9.00. The summed E-state index contributed by atoms with van der Waals surface area (Å²) in [6.45, 7) is 0. The second-order valence-electron chi connectivity index (χ2n) is 3.69. The van der Waals surface area contributed by atoms with Crippen molar-refractivity contribution in [1.82, 2.24) is 0 Å². The predicted molar refractivity (Wildman–Crippen MR) is 57.8 cm³/mol. The van der Waals surface area contributed by atoms with Crippen LogP contribution in [0.4, 0.5) is 0 Å². The summed E-state index contributed by atoms with van der Waals surface area (Å²) in [5.74, 6) is 0. The number of aldehydes is 1. The van der Waals surface area contributed by atoms with Gasteiger partial charge in [0.15, 0.2) is 0 Å². The van der Waals surface area contributed by atoms with Crippen LogP contribution in [0.2, 0.25) is 0 Å². The van der Waals surface area contributed by atoms with Gasteiger partial charge in [-0.15, -0.1) is 0 Å². The summed E-state index contributed by atoms with van der Waals surface area (Å²) in [6, 6.07) is 2.16. The summed E-state index contributed by atoms with van der Waals surface area (Å²) in [6.07, 6.45) is 12.0. The van der Waals surface area contributed by atoms with E-state index in [2.05, 4.69) is 6.07 Å². The molecular formula is C12H21NO. The monoisotopic (exact) mass is 195 g/mol. The zero-order valence-electron chi connectivity index (χ0n) is 9.00. The van der Waals surface area contributed by atoms with Crippen LogP contribution in [0.3, 0.4) is 0 Å². The molecule has 0 aromatic rings. The molecule has 0 atom stereocenters. The van der Waals surface area contributed by atoms with E-state index in [1.54, 1.807) is 0 Å². The van der Waals surface area contributed by atoms with Gasteiger partial charge in [-0.05, 0) is 12.8 Å². The Hall–Kier alpha value is -0.840. The van der Waals surface area contributed by atoms with Crippen molar-refractivity contribution in [2.45, 2.75) is 64.2 Å². The first-order valence-corrected chi connectivity index (χ1v) is 5.72. The van der Waals surface area contributed by atoms with Crippen LogP contribution in [0.25, 0.3) is 0 Å². The van der Waals surface area contributed by atoms with Crippen molar-refractivity contribution in [3.05, 3.63) is 0 Å². The molecule has 0 aromatic carbocycles. The number of nitrogens with zero attached hydrogens (tertiary/aromatic N) is 1. The van der Waals surface area contributed by atoms with E-state index in [9.17, 15) is 4.79 Å². The standard InChI is InChI=1S/C12H21NO/c13-11-9-7-5-3-1-2-4-6-8-10-12-14/h12H,1-10H2. The molecule has 14 heavy (non-hydrogen) atoms. The second kappa shape index (κ2) is 12.2. The molecule has 0 heterocycles. The lowest BCUT2D eigenvalue weighted by molar-refractivity contribution is -0.107. The summed E-state index contributed by atoms with van der Waals surface area (Å²) >= 11 is 0. The van der Waals surface area contributed by atoms with Crippen LogP contribution < -0.4 is 0 Å². The molecule has 0 amide bonds. The molecule has 0 aliphatic rings. The van der Waals surface area contributed by atoms with Crippen LogP contribution in [0, 0.1) is 11.3 Å². The molecule has 0 aliphatic carbocycles. The van der Waals surface area contributed by atoms with Crippen LogP contribution in [-0.4, -0.2) is 6.29 Å². The molecule has 0 rings (SSSR count). The summed E-state index contributed by atoms with van der Waals surface area (Å²) in [4.78, 5) is 10.0. The van der Waals surface area contributed by atoms with E-state index in [0.29, 0.717) is 6.42 Å². The highest BCUT2D eigenvalue weighted by Gasteiger charge is 1.91. The third-order valence-electron chi connectivity index (χ3n) is 2.36. The number of carbonyl (C=O) groups excluding carboxylic acids is 1. The van der Waals surface area contributed by atoms with E-state index in [1.807, 2.05) is 0 Å². The lowest BCUT2D eigenvalue weighted by Gasteiger charge is -1.99. The molecule has 0 radical (unpaired) electrons. The Balaban J connectivity index is 2.85. The van der Waals surface area contributed by atoms with E-state index in [1.165, 1.54) is 38.5 Å². The Morgan fingerprint density at radius 3 is 1.86 bits per heavy atom. The van der Waals surface area contributed by atoms with Crippen LogP contribution in [0.1, 0.15) is 64.2 Å². The van der Waals surface area contributed by atoms with E-state index in [0.717, 1.165) is 25.5 Å². The average molecular weight is 195 g/mol. The Labute approximate surface area is 87.3 Å². The maximum absolute atomic E-state index is 10.0. The number of hydrogen-bond donors (Lipinski definition) is 0. The van der Waals surface area contributed by atoms with Crippen LogP contribution >= 0.6 is 0 Å². The maximum Gasteiger partial charge on any atom is 0.119 e. The van der Waals surface area contributed by atoms with Gasteiger partial charge in [0.05, 0.1) is 6.07 Å². The normalized spacial score (nSPS) is 9.64. The van der Waals surface area contributed by atoms with E-state index in [4.69, 9.17) is 5.26 Å². The van der Waals surface area contributed by atoms with Crippen molar-refractivity contribution in [3.8, 4) is 6.07 Å². The fraction of sp³-hybridized carbons (Fsp3) is 0.833. The fourth-order valence-electron chi connectivity index (χ4n) is 1.49. The number of nitriles is 1. The van der Waals surface area contributed by atoms with E-state index in [-0.39, 0.29) is 0 Å². The lowest BCUT2D eigenvalue weighted by atomic mass is 10.1. The zero-order chi connectivity index (χ0) is 10.5. The molecule has 2 nitrogen and oxygen atoms in total. The summed E-state index contributed by atoms with van der Waals surface area (Å²) in [5, 5.41) is 8.31. The maximum atomic E-state index is 10.0. The van der Waals surface area contributed by atoms with Crippen molar-refractivity contribution in [2.24, 2.45) is 0 Å². The fourth-order valence-corrected chi connectivity index (χ4v) is 1.49. The molecule has 0 N–H and O–H groups in total. The van der Waals surface area contributed by atoms with Gasteiger partial charge >= 0.3 is 0 Å². The van der Waals surface area contributed by atoms with E-state index < -0.39 is 0 Å². The molecule has 0 spiro atoms. The van der Waals surface area contributed by atoms with Gasteiger partial charge < -0.3 is 4.79 Å². The molecule has 0 bridgehead atoms. The van der Waals surface area contributed by atoms with Crippen molar-refractivity contribution in [3.63, 3.8) is 0 Å². The summed E-state index contributed by atoms with van der Waals surface area (Å²) in [5.41, 5.74) is 0. The lowest BCUT2D eigenvalue weighted by Crippen LogP contribution is -1.82. The van der Waals surface area contributed by atoms with Crippen LogP contribution in [0.5, 0.6) is 0 Å². The first-order chi connectivity index (χ1) is 6.91. The minimum atomic E-state index is 0.708. The van der Waals surface area contributed by atoms with E-state index >= 15 is 0 Å². The van der Waals surface area contributed by atoms with Gasteiger partial charge in [0.1, 0.15) is 6.29 Å². The van der Waals surface area contributed by atoms with Gasteiger partial charge in [0.2, 0.25) is 0 Å². The summed E-state index contributed by atoms with van der Waals surface area (Å²) in [7, 11) is 0. The first kappa shape index (κ1) is 13.2. The highest BCUT2D eigenvalue weighted by atomic mass is 16.1.